The lowest BCUT2D eigenvalue weighted by Gasteiger charge is -2.25. The Hall–Kier alpha value is -5.00. The summed E-state index contributed by atoms with van der Waals surface area (Å²) in [7, 11) is 0. The van der Waals surface area contributed by atoms with Crippen molar-refractivity contribution in [3.05, 3.63) is 95.2 Å². The number of nitrogens with one attached hydrogen (secondary N) is 2. The number of alkyl halides is 3. The molecule has 3 aromatic carbocycles. The number of benzene rings is 3. The zero-order valence-corrected chi connectivity index (χ0v) is 23.0. The van der Waals surface area contributed by atoms with Gasteiger partial charge < -0.3 is 20.4 Å². The Bertz CT molecular complexity index is 1660. The van der Waals surface area contributed by atoms with E-state index in [1.807, 2.05) is 24.3 Å². The molecular formula is C31H29F3N6O3. The van der Waals surface area contributed by atoms with E-state index >= 15 is 0 Å². The van der Waals surface area contributed by atoms with Crippen LogP contribution in [0.1, 0.15) is 70.0 Å². The monoisotopic (exact) mass is 590 g/mol. The number of carbonyl (C=O) groups excluding carboxylic acids is 2. The number of hydrogen-bond acceptors (Lipinski definition) is 4. The third kappa shape index (κ3) is 7.26. The number of aliphatic imine (C=N–C) groups is 1. The number of amides is 2. The van der Waals surface area contributed by atoms with Crippen molar-refractivity contribution in [1.29, 1.82) is 5.53 Å². The number of fused-ring (bicyclic) bond motifs is 1. The molecule has 1 aliphatic rings. The first-order chi connectivity index (χ1) is 20.6. The highest BCUT2D eigenvalue weighted by molar-refractivity contribution is 6.07. The van der Waals surface area contributed by atoms with Gasteiger partial charge in [0.15, 0.2) is 0 Å². The first-order valence-corrected chi connectivity index (χ1v) is 13.7. The highest BCUT2D eigenvalue weighted by Gasteiger charge is 2.31. The van der Waals surface area contributed by atoms with E-state index in [4.69, 9.17) is 11.3 Å². The van der Waals surface area contributed by atoms with Gasteiger partial charge in [0.05, 0.1) is 6.54 Å². The summed E-state index contributed by atoms with van der Waals surface area (Å²) in [4.78, 5) is 34.3. The minimum absolute atomic E-state index is 0.140. The number of H-pyrrole nitrogens is 1. The second kappa shape index (κ2) is 12.5. The van der Waals surface area contributed by atoms with E-state index < -0.39 is 24.1 Å². The van der Waals surface area contributed by atoms with E-state index in [9.17, 15) is 22.8 Å². The lowest BCUT2D eigenvalue weighted by atomic mass is 9.84. The molecule has 2 amide bonds. The molecule has 1 fully saturated rings. The molecular weight excluding hydrogens is 561 g/mol. The van der Waals surface area contributed by atoms with E-state index in [2.05, 4.69) is 19.8 Å². The molecule has 12 heteroatoms. The fourth-order valence-electron chi connectivity index (χ4n) is 5.34. The fraction of sp³-hybridized carbons (Fsp3) is 0.258. The summed E-state index contributed by atoms with van der Waals surface area (Å²) >= 11 is 0. The quantitative estimate of drug-likeness (QED) is 0.117. The molecule has 1 aliphatic carbocycles. The van der Waals surface area contributed by atoms with E-state index in [1.54, 1.807) is 29.2 Å². The molecule has 0 saturated heterocycles. The molecule has 4 N–H and O–H groups in total. The molecule has 222 valence electrons. The summed E-state index contributed by atoms with van der Waals surface area (Å²) in [6, 6.07) is 19.6. The highest BCUT2D eigenvalue weighted by atomic mass is 19.4. The molecule has 1 aromatic heterocycles. The average Bonchev–Trinajstić information content (AvgIpc) is 3.43. The van der Waals surface area contributed by atoms with Crippen LogP contribution in [0.5, 0.6) is 5.75 Å². The zero-order chi connectivity index (χ0) is 30.6. The van der Waals surface area contributed by atoms with Gasteiger partial charge in [-0.2, -0.15) is 4.99 Å². The largest absolute Gasteiger partial charge is 0.573 e. The molecule has 5 rings (SSSR count). The predicted octanol–water partition coefficient (Wildman–Crippen LogP) is 7.45. The summed E-state index contributed by atoms with van der Waals surface area (Å²) in [5.41, 5.74) is 15.7. The van der Waals surface area contributed by atoms with Crippen LogP contribution in [-0.4, -0.2) is 29.1 Å². The topological polar surface area (TPSA) is 137 Å². The summed E-state index contributed by atoms with van der Waals surface area (Å²) in [6.45, 7) is 0.140. The van der Waals surface area contributed by atoms with E-state index in [-0.39, 0.29) is 23.6 Å². The number of aromatic nitrogens is 1. The maximum Gasteiger partial charge on any atom is 0.573 e. The van der Waals surface area contributed by atoms with Crippen LogP contribution in [0.4, 0.5) is 18.9 Å². The van der Waals surface area contributed by atoms with E-state index in [0.717, 1.165) is 12.8 Å². The van der Waals surface area contributed by atoms with E-state index in [0.29, 0.717) is 28.1 Å². The lowest BCUT2D eigenvalue weighted by molar-refractivity contribution is -0.274. The van der Waals surface area contributed by atoms with Gasteiger partial charge in [0.25, 0.3) is 11.8 Å². The van der Waals surface area contributed by atoms with Gasteiger partial charge in [-0.1, -0.05) is 43.5 Å². The van der Waals surface area contributed by atoms with Crippen molar-refractivity contribution in [3.63, 3.8) is 0 Å². The Morgan fingerprint density at radius 2 is 1.67 bits per heavy atom. The van der Waals surface area contributed by atoms with Gasteiger partial charge in [0, 0.05) is 22.2 Å². The number of nitrogens with zero attached hydrogens (tertiary/aromatic N) is 3. The summed E-state index contributed by atoms with van der Waals surface area (Å²) in [6.07, 6.45) is 1.07. The first-order valence-electron chi connectivity index (χ1n) is 13.7. The molecule has 0 spiro atoms. The van der Waals surface area contributed by atoms with Crippen LogP contribution >= 0.6 is 0 Å². The first kappa shape index (κ1) is 29.5. The van der Waals surface area contributed by atoms with Crippen LogP contribution in [0.2, 0.25) is 0 Å². The fourth-order valence-corrected chi connectivity index (χ4v) is 5.34. The van der Waals surface area contributed by atoms with Crippen LogP contribution in [-0.2, 0) is 6.54 Å². The second-order valence-electron chi connectivity index (χ2n) is 10.4. The summed E-state index contributed by atoms with van der Waals surface area (Å²) in [5.74, 6) is -1.41. The number of hydrogen-bond donors (Lipinski definition) is 3. The number of nitrogens with two attached hydrogens (primary N) is 1. The van der Waals surface area contributed by atoms with Crippen LogP contribution in [0.25, 0.3) is 10.9 Å². The molecule has 0 aliphatic heterocycles. The Morgan fingerprint density at radius 1 is 0.977 bits per heavy atom. The summed E-state index contributed by atoms with van der Waals surface area (Å²) < 4.78 is 42.2. The number of guanidine groups is 1. The Morgan fingerprint density at radius 3 is 2.33 bits per heavy atom. The van der Waals surface area contributed by atoms with Gasteiger partial charge in [0.2, 0.25) is 5.96 Å². The molecule has 0 unspecified atom stereocenters. The standard InChI is InChI=1S/C31H29F3N6O3/c32-31(33,34)43-25-14-15-26-23(16-25)17-27(37-26)29(42)40(24-12-10-21(11-13-24)20-4-2-1-3-5-20)18-19-6-8-22(9-7-19)28(41)38-30(35)39-36/h6-17,20,36-37H,1-5,18H2,(H2,35,38,41). The Labute approximate surface area is 245 Å². The molecule has 1 heterocycles. The lowest BCUT2D eigenvalue weighted by Crippen LogP contribution is -2.30. The van der Waals surface area contributed by atoms with Crippen molar-refractivity contribution in [2.24, 2.45) is 15.8 Å². The average molecular weight is 591 g/mol. The van der Waals surface area contributed by atoms with Gasteiger partial charge in [-0.15, -0.1) is 18.3 Å². The van der Waals surface area contributed by atoms with Crippen LogP contribution in [0, 0.1) is 5.53 Å². The van der Waals surface area contributed by atoms with Crippen molar-refractivity contribution in [3.8, 4) is 5.75 Å². The SMILES string of the molecule is N=NC(N)=NC(=O)c1ccc(CN(C(=O)c2cc3cc(OC(F)(F)F)ccc3[nH]2)c2ccc(C3CCCCC3)cc2)cc1. The van der Waals surface area contributed by atoms with E-state index in [1.165, 1.54) is 49.1 Å². The third-order valence-corrected chi connectivity index (χ3v) is 7.45. The van der Waals surface area contributed by atoms with Crippen molar-refractivity contribution in [1.82, 2.24) is 4.98 Å². The molecule has 4 aromatic rings. The second-order valence-corrected chi connectivity index (χ2v) is 10.4. The number of carbonyl (C=O) groups is 2. The van der Waals surface area contributed by atoms with Crippen molar-refractivity contribution < 1.29 is 27.5 Å². The number of halogens is 3. The van der Waals surface area contributed by atoms with Gasteiger partial charge in [-0.3, -0.25) is 9.59 Å². The van der Waals surface area contributed by atoms with Gasteiger partial charge in [-0.05, 0) is 78.4 Å². The predicted molar refractivity (Wildman–Crippen MR) is 155 cm³/mol. The minimum atomic E-state index is -4.83. The van der Waals surface area contributed by atoms with Crippen LogP contribution in [0.3, 0.4) is 0 Å². The van der Waals surface area contributed by atoms with Crippen LogP contribution in [0.15, 0.2) is 82.9 Å². The third-order valence-electron chi connectivity index (χ3n) is 7.45. The van der Waals surface area contributed by atoms with Crippen LogP contribution < -0.4 is 15.4 Å². The zero-order valence-electron chi connectivity index (χ0n) is 23.0. The minimum Gasteiger partial charge on any atom is -0.406 e. The molecule has 0 bridgehead atoms. The number of anilines is 1. The highest BCUT2D eigenvalue weighted by Crippen LogP contribution is 2.34. The van der Waals surface area contributed by atoms with Gasteiger partial charge >= 0.3 is 6.36 Å². The number of ether oxygens (including phenoxy) is 1. The maximum atomic E-state index is 13.9. The normalized spacial score (nSPS) is 14.4. The summed E-state index contributed by atoms with van der Waals surface area (Å²) in [5, 5.41) is 3.31. The molecule has 1 saturated carbocycles. The van der Waals surface area contributed by atoms with Crippen molar-refractivity contribution in [2.75, 3.05) is 4.90 Å². The molecule has 9 nitrogen and oxygen atoms in total. The molecule has 43 heavy (non-hydrogen) atoms. The van der Waals surface area contributed by atoms with Gasteiger partial charge in [0.1, 0.15) is 11.4 Å². The smallest absolute Gasteiger partial charge is 0.406 e. The maximum absolute atomic E-state index is 13.9. The number of aromatic amines is 1. The Balaban J connectivity index is 1.44. The van der Waals surface area contributed by atoms with Gasteiger partial charge in [-0.25, -0.2) is 5.53 Å². The molecule has 0 atom stereocenters. The number of rotatable bonds is 7. The Kier molecular flexibility index (Phi) is 8.56. The van der Waals surface area contributed by atoms with Crippen molar-refractivity contribution in [2.45, 2.75) is 50.9 Å². The molecule has 0 radical (unpaired) electrons. The van der Waals surface area contributed by atoms with Crippen molar-refractivity contribution >= 4 is 34.4 Å².